The molecule has 0 bridgehead atoms. The lowest BCUT2D eigenvalue weighted by Gasteiger charge is -2.19. The molecule has 0 aliphatic carbocycles. The molecule has 0 spiro atoms. The van der Waals surface area contributed by atoms with E-state index < -0.39 is 0 Å². The summed E-state index contributed by atoms with van der Waals surface area (Å²) >= 11 is 3.08. The number of benzene rings is 2. The Balaban J connectivity index is 1.45. The first kappa shape index (κ1) is 20.7. The van der Waals surface area contributed by atoms with Gasteiger partial charge in [0.1, 0.15) is 13.2 Å². The summed E-state index contributed by atoms with van der Waals surface area (Å²) < 4.78 is 13.4. The molecule has 1 aromatic heterocycles. The molecule has 1 N–H and O–H groups in total. The smallest absolute Gasteiger partial charge is 0.234 e. The molecule has 6 nitrogen and oxygen atoms in total. The number of carbonyl (C=O) groups excluding carboxylic acids is 1. The predicted molar refractivity (Wildman–Crippen MR) is 122 cm³/mol. The summed E-state index contributed by atoms with van der Waals surface area (Å²) in [5.41, 5.74) is 2.81. The van der Waals surface area contributed by atoms with Gasteiger partial charge in [-0.05, 0) is 49.6 Å². The van der Waals surface area contributed by atoms with Gasteiger partial charge in [0.25, 0.3) is 0 Å². The van der Waals surface area contributed by atoms with Crippen molar-refractivity contribution in [2.24, 2.45) is 0 Å². The predicted octanol–water partition coefficient (Wildman–Crippen LogP) is 4.79. The number of rotatable bonds is 7. The van der Waals surface area contributed by atoms with Crippen LogP contribution in [0.25, 0.3) is 11.3 Å². The quantitative estimate of drug-likeness (QED) is 0.532. The summed E-state index contributed by atoms with van der Waals surface area (Å²) in [5, 5.41) is 3.77. The molecule has 156 valence electrons. The summed E-state index contributed by atoms with van der Waals surface area (Å²) in [5.74, 6) is 1.76. The van der Waals surface area contributed by atoms with Crippen molar-refractivity contribution >= 4 is 35.1 Å². The second-order valence-electron chi connectivity index (χ2n) is 6.60. The highest BCUT2D eigenvalue weighted by Gasteiger charge is 2.17. The minimum Gasteiger partial charge on any atom is -0.486 e. The second-order valence-corrected chi connectivity index (χ2v) is 8.42. The largest absolute Gasteiger partial charge is 0.486 e. The molecular weight excluding hydrogens is 418 g/mol. The van der Waals surface area contributed by atoms with E-state index >= 15 is 0 Å². The number of hydrogen-bond acceptors (Lipinski definition) is 6. The molecule has 1 aliphatic heterocycles. The van der Waals surface area contributed by atoms with Gasteiger partial charge in [0.2, 0.25) is 5.91 Å². The van der Waals surface area contributed by atoms with Gasteiger partial charge in [0, 0.05) is 22.7 Å². The first-order valence-corrected chi connectivity index (χ1v) is 11.9. The highest BCUT2D eigenvalue weighted by molar-refractivity contribution is 7.99. The van der Waals surface area contributed by atoms with E-state index in [1.54, 1.807) is 11.8 Å². The van der Waals surface area contributed by atoms with E-state index in [4.69, 9.17) is 9.47 Å². The van der Waals surface area contributed by atoms with Gasteiger partial charge in [-0.2, -0.15) is 0 Å². The van der Waals surface area contributed by atoms with Crippen LogP contribution in [0.3, 0.4) is 0 Å². The van der Waals surface area contributed by atoms with Crippen LogP contribution in [0.1, 0.15) is 6.92 Å². The molecule has 0 fully saturated rings. The zero-order valence-electron chi connectivity index (χ0n) is 16.9. The van der Waals surface area contributed by atoms with E-state index in [1.807, 2.05) is 54.9 Å². The van der Waals surface area contributed by atoms with Gasteiger partial charge in [-0.3, -0.25) is 4.79 Å². The monoisotopic (exact) mass is 441 g/mol. The Morgan fingerprint density at radius 1 is 1.17 bits per heavy atom. The number of hydrogen-bond donors (Lipinski definition) is 1. The summed E-state index contributed by atoms with van der Waals surface area (Å²) in [6.45, 7) is 3.95. The highest BCUT2D eigenvalue weighted by Crippen LogP contribution is 2.35. The number of imidazole rings is 1. The minimum atomic E-state index is -0.0511. The van der Waals surface area contributed by atoms with Gasteiger partial charge in [0.15, 0.2) is 16.7 Å². The van der Waals surface area contributed by atoms with Gasteiger partial charge >= 0.3 is 0 Å². The van der Waals surface area contributed by atoms with Crippen LogP contribution in [0.2, 0.25) is 0 Å². The van der Waals surface area contributed by atoms with E-state index in [0.717, 1.165) is 45.0 Å². The maximum absolute atomic E-state index is 12.4. The van der Waals surface area contributed by atoms with E-state index in [9.17, 15) is 4.79 Å². The second kappa shape index (κ2) is 9.49. The Kier molecular flexibility index (Phi) is 6.54. The Bertz CT molecular complexity index is 1050. The topological polar surface area (TPSA) is 65.4 Å². The number of thioether (sulfide) groups is 2. The van der Waals surface area contributed by atoms with Crippen LogP contribution in [-0.4, -0.2) is 40.7 Å². The molecule has 30 heavy (non-hydrogen) atoms. The maximum Gasteiger partial charge on any atom is 0.234 e. The molecule has 2 heterocycles. The first-order valence-electron chi connectivity index (χ1n) is 9.70. The molecule has 1 amide bonds. The van der Waals surface area contributed by atoms with E-state index in [0.29, 0.717) is 19.0 Å². The average Bonchev–Trinajstić information content (AvgIpc) is 3.20. The number of fused-ring (bicyclic) bond motifs is 1. The van der Waals surface area contributed by atoms with Gasteiger partial charge in [-0.15, -0.1) is 11.8 Å². The minimum absolute atomic E-state index is 0.0511. The lowest BCUT2D eigenvalue weighted by atomic mass is 10.1. The van der Waals surface area contributed by atoms with Gasteiger partial charge in [0.05, 0.1) is 17.6 Å². The van der Waals surface area contributed by atoms with Crippen LogP contribution in [-0.2, 0) is 11.3 Å². The van der Waals surface area contributed by atoms with Crippen molar-refractivity contribution in [3.63, 3.8) is 0 Å². The fourth-order valence-electron chi connectivity index (χ4n) is 3.24. The van der Waals surface area contributed by atoms with Gasteiger partial charge in [-0.25, -0.2) is 4.98 Å². The Hall–Kier alpha value is -2.58. The molecule has 1 aliphatic rings. The highest BCUT2D eigenvalue weighted by atomic mass is 32.2. The summed E-state index contributed by atoms with van der Waals surface area (Å²) in [6.07, 6.45) is 3.86. The van der Waals surface area contributed by atoms with Crippen LogP contribution in [0.4, 0.5) is 5.69 Å². The number of amides is 1. The van der Waals surface area contributed by atoms with Crippen LogP contribution in [0, 0.1) is 0 Å². The molecule has 0 radical (unpaired) electrons. The van der Waals surface area contributed by atoms with Crippen LogP contribution >= 0.6 is 23.5 Å². The number of nitrogens with one attached hydrogen (secondary N) is 1. The fraction of sp³-hybridized carbons (Fsp3) is 0.273. The number of anilines is 1. The first-order chi connectivity index (χ1) is 14.7. The Labute approximate surface area is 184 Å². The van der Waals surface area contributed by atoms with Crippen molar-refractivity contribution in [2.45, 2.75) is 23.5 Å². The Morgan fingerprint density at radius 3 is 2.80 bits per heavy atom. The molecule has 0 saturated carbocycles. The van der Waals surface area contributed by atoms with Crippen LogP contribution < -0.4 is 14.8 Å². The van der Waals surface area contributed by atoms with E-state index in [-0.39, 0.29) is 5.91 Å². The lowest BCUT2D eigenvalue weighted by Crippen LogP contribution is -2.15. The van der Waals surface area contributed by atoms with Crippen molar-refractivity contribution in [3.05, 3.63) is 48.7 Å². The molecule has 0 unspecified atom stereocenters. The summed E-state index contributed by atoms with van der Waals surface area (Å²) in [6, 6.07) is 13.8. The fourth-order valence-corrected chi connectivity index (χ4v) is 4.54. The number of ether oxygens (including phenoxy) is 2. The van der Waals surface area contributed by atoms with Crippen LogP contribution in [0.5, 0.6) is 11.5 Å². The van der Waals surface area contributed by atoms with E-state index in [1.165, 1.54) is 11.8 Å². The molecule has 0 saturated heterocycles. The van der Waals surface area contributed by atoms with Crippen molar-refractivity contribution in [2.75, 3.05) is 30.5 Å². The van der Waals surface area contributed by atoms with Gasteiger partial charge in [-0.1, -0.05) is 17.8 Å². The van der Waals surface area contributed by atoms with Gasteiger partial charge < -0.3 is 19.4 Å². The van der Waals surface area contributed by atoms with Crippen molar-refractivity contribution in [1.29, 1.82) is 0 Å². The number of carbonyl (C=O) groups is 1. The van der Waals surface area contributed by atoms with Crippen LogP contribution in [0.15, 0.2) is 58.7 Å². The molecular formula is C22H23N3O3S2. The molecule has 3 aromatic rings. The molecule has 2 aromatic carbocycles. The third kappa shape index (κ3) is 4.60. The number of aromatic nitrogens is 2. The lowest BCUT2D eigenvalue weighted by molar-refractivity contribution is -0.113. The van der Waals surface area contributed by atoms with Crippen molar-refractivity contribution < 1.29 is 14.3 Å². The maximum atomic E-state index is 12.4. The molecule has 4 rings (SSSR count). The third-order valence-corrected chi connectivity index (χ3v) is 6.37. The normalized spacial score (nSPS) is 12.6. The zero-order chi connectivity index (χ0) is 20.9. The standard InChI is InChI=1S/C22H23N3O3S2/c1-3-25-18(15-7-8-19-20(11-15)28-10-9-27-19)13-23-22(25)30-14-21(26)24-16-5-4-6-17(12-16)29-2/h4-8,11-13H,3,9-10,14H2,1-2H3,(H,24,26). The third-order valence-electron chi connectivity index (χ3n) is 4.66. The van der Waals surface area contributed by atoms with E-state index in [2.05, 4.69) is 21.8 Å². The zero-order valence-corrected chi connectivity index (χ0v) is 18.5. The summed E-state index contributed by atoms with van der Waals surface area (Å²) in [7, 11) is 0. The average molecular weight is 442 g/mol. The summed E-state index contributed by atoms with van der Waals surface area (Å²) in [4.78, 5) is 18.1. The molecule has 8 heteroatoms. The SMILES string of the molecule is CCn1c(-c2ccc3c(c2)OCCO3)cnc1SCC(=O)Nc1cccc(SC)c1. The number of nitrogens with zero attached hydrogens (tertiary/aromatic N) is 2. The van der Waals surface area contributed by atoms with Crippen molar-refractivity contribution in [1.82, 2.24) is 9.55 Å². The molecule has 0 atom stereocenters. The van der Waals surface area contributed by atoms with Crippen molar-refractivity contribution in [3.8, 4) is 22.8 Å². The Morgan fingerprint density at radius 2 is 2.00 bits per heavy atom.